The molecule has 26 heavy (non-hydrogen) atoms. The molecule has 1 aromatic carbocycles. The Morgan fingerprint density at radius 3 is 2.96 bits per heavy atom. The quantitative estimate of drug-likeness (QED) is 0.630. The van der Waals surface area contributed by atoms with Gasteiger partial charge in [-0.15, -0.1) is 0 Å². The summed E-state index contributed by atoms with van der Waals surface area (Å²) in [6.07, 6.45) is 2.59. The van der Waals surface area contributed by atoms with Crippen LogP contribution in [0.25, 0.3) is 11.4 Å². The topological polar surface area (TPSA) is 84.2 Å². The van der Waals surface area contributed by atoms with Crippen LogP contribution < -0.4 is 5.32 Å². The number of aromatic nitrogens is 2. The number of benzene rings is 1. The van der Waals surface area contributed by atoms with Crippen LogP contribution >= 0.6 is 0 Å². The summed E-state index contributed by atoms with van der Waals surface area (Å²) in [5.74, 6) is 2.03. The predicted molar refractivity (Wildman–Crippen MR) is 102 cm³/mol. The Kier molecular flexibility index (Phi) is 5.78. The molecule has 0 aliphatic carbocycles. The van der Waals surface area contributed by atoms with E-state index in [0.717, 1.165) is 43.6 Å². The lowest BCUT2D eigenvalue weighted by Gasteiger charge is -2.30. The highest BCUT2D eigenvalue weighted by molar-refractivity contribution is 5.61. The van der Waals surface area contributed by atoms with E-state index < -0.39 is 4.92 Å². The maximum atomic E-state index is 11.0. The first-order chi connectivity index (χ1) is 12.5. The highest BCUT2D eigenvalue weighted by atomic mass is 16.6. The van der Waals surface area contributed by atoms with E-state index in [2.05, 4.69) is 27.1 Å². The van der Waals surface area contributed by atoms with Crippen molar-refractivity contribution < 1.29 is 4.92 Å². The molecule has 0 amide bonds. The molecule has 1 aliphatic heterocycles. The maximum Gasteiger partial charge on any atom is 0.270 e. The molecule has 138 valence electrons. The smallest absolute Gasteiger partial charge is 0.270 e. The van der Waals surface area contributed by atoms with E-state index in [4.69, 9.17) is 0 Å². The summed E-state index contributed by atoms with van der Waals surface area (Å²) in [7, 11) is 0. The van der Waals surface area contributed by atoms with Gasteiger partial charge in [0.1, 0.15) is 5.82 Å². The van der Waals surface area contributed by atoms with Gasteiger partial charge in [0.05, 0.1) is 4.92 Å². The van der Waals surface area contributed by atoms with Crippen LogP contribution in [0.3, 0.4) is 0 Å². The number of rotatable bonds is 6. The fourth-order valence-corrected chi connectivity index (χ4v) is 3.38. The van der Waals surface area contributed by atoms with Crippen LogP contribution in [0.2, 0.25) is 0 Å². The van der Waals surface area contributed by atoms with Crippen molar-refractivity contribution in [2.75, 3.05) is 31.5 Å². The predicted octanol–water partition coefficient (Wildman–Crippen LogP) is 3.50. The summed E-state index contributed by atoms with van der Waals surface area (Å²) in [4.78, 5) is 22.0. The third kappa shape index (κ3) is 4.76. The van der Waals surface area contributed by atoms with Crippen LogP contribution in [0, 0.1) is 23.0 Å². The number of likely N-dealkylation sites (tertiary alicyclic amines) is 1. The first-order valence-corrected chi connectivity index (χ1v) is 9.08. The van der Waals surface area contributed by atoms with E-state index in [1.165, 1.54) is 25.0 Å². The minimum atomic E-state index is -0.405. The second kappa shape index (κ2) is 8.23. The van der Waals surface area contributed by atoms with E-state index in [1.54, 1.807) is 12.1 Å². The molecule has 1 aromatic heterocycles. The Morgan fingerprint density at radius 2 is 2.19 bits per heavy atom. The van der Waals surface area contributed by atoms with Crippen LogP contribution in [0.5, 0.6) is 0 Å². The fraction of sp³-hybridized carbons (Fsp3) is 0.474. The van der Waals surface area contributed by atoms with Crippen LogP contribution in [0.4, 0.5) is 11.5 Å². The van der Waals surface area contributed by atoms with Crippen LogP contribution in [-0.2, 0) is 0 Å². The Bertz CT molecular complexity index is 780. The minimum Gasteiger partial charge on any atom is -0.369 e. The second-order valence-electron chi connectivity index (χ2n) is 7.00. The zero-order valence-corrected chi connectivity index (χ0v) is 15.3. The SMILES string of the molecule is Cc1cc(NCCN2CCCC(C)C2)nc(-c2cccc([N+](=O)[O-])c2)n1. The van der Waals surface area contributed by atoms with E-state index in [9.17, 15) is 10.1 Å². The molecule has 3 rings (SSSR count). The van der Waals surface area contributed by atoms with E-state index >= 15 is 0 Å². The zero-order valence-electron chi connectivity index (χ0n) is 15.3. The second-order valence-corrected chi connectivity index (χ2v) is 7.00. The number of nitro groups is 1. The van der Waals surface area contributed by atoms with Crippen molar-refractivity contribution in [1.82, 2.24) is 14.9 Å². The summed E-state index contributed by atoms with van der Waals surface area (Å²) >= 11 is 0. The first kappa shape index (κ1) is 18.3. The number of hydrogen-bond donors (Lipinski definition) is 1. The van der Waals surface area contributed by atoms with Crippen molar-refractivity contribution in [3.05, 3.63) is 46.1 Å². The number of hydrogen-bond acceptors (Lipinski definition) is 6. The molecule has 1 N–H and O–H groups in total. The molecule has 0 saturated carbocycles. The van der Waals surface area contributed by atoms with Crippen LogP contribution in [0.1, 0.15) is 25.5 Å². The van der Waals surface area contributed by atoms with Gasteiger partial charge in [0.2, 0.25) is 0 Å². The number of nitrogens with zero attached hydrogens (tertiary/aromatic N) is 4. The summed E-state index contributed by atoms with van der Waals surface area (Å²) in [5, 5.41) is 14.3. The maximum absolute atomic E-state index is 11.0. The van der Waals surface area contributed by atoms with Crippen molar-refractivity contribution in [3.8, 4) is 11.4 Å². The zero-order chi connectivity index (χ0) is 18.5. The lowest BCUT2D eigenvalue weighted by Crippen LogP contribution is -2.37. The van der Waals surface area contributed by atoms with Gasteiger partial charge in [0.25, 0.3) is 5.69 Å². The monoisotopic (exact) mass is 355 g/mol. The van der Waals surface area contributed by atoms with Crippen molar-refractivity contribution in [2.45, 2.75) is 26.7 Å². The summed E-state index contributed by atoms with van der Waals surface area (Å²) in [5.41, 5.74) is 1.52. The summed E-state index contributed by atoms with van der Waals surface area (Å²) in [6, 6.07) is 8.33. The van der Waals surface area contributed by atoms with Crippen LogP contribution in [-0.4, -0.2) is 46.0 Å². The van der Waals surface area contributed by atoms with Gasteiger partial charge in [-0.2, -0.15) is 0 Å². The Morgan fingerprint density at radius 1 is 1.35 bits per heavy atom. The molecule has 7 heteroatoms. The van der Waals surface area contributed by atoms with Gasteiger partial charge in [-0.25, -0.2) is 9.97 Å². The van der Waals surface area contributed by atoms with E-state index in [0.29, 0.717) is 11.4 Å². The molecule has 7 nitrogen and oxygen atoms in total. The van der Waals surface area contributed by atoms with Crippen molar-refractivity contribution in [1.29, 1.82) is 0 Å². The third-order valence-electron chi connectivity index (χ3n) is 4.64. The largest absolute Gasteiger partial charge is 0.369 e. The summed E-state index contributed by atoms with van der Waals surface area (Å²) < 4.78 is 0. The molecule has 1 unspecified atom stereocenters. The first-order valence-electron chi connectivity index (χ1n) is 9.08. The molecule has 1 atom stereocenters. The number of nitrogens with one attached hydrogen (secondary N) is 1. The van der Waals surface area contributed by atoms with Crippen LogP contribution in [0.15, 0.2) is 30.3 Å². The standard InChI is InChI=1S/C19H25N5O2/c1-14-5-4-9-23(13-14)10-8-20-18-11-15(2)21-19(22-18)16-6-3-7-17(12-16)24(25)26/h3,6-7,11-12,14H,4-5,8-10,13H2,1-2H3,(H,20,21,22). The van der Waals surface area contributed by atoms with Crippen molar-refractivity contribution in [3.63, 3.8) is 0 Å². The molecular weight excluding hydrogens is 330 g/mol. The van der Waals surface area contributed by atoms with Gasteiger partial charge in [0, 0.05) is 49.1 Å². The lowest BCUT2D eigenvalue weighted by molar-refractivity contribution is -0.384. The summed E-state index contributed by atoms with van der Waals surface area (Å²) in [6.45, 7) is 8.33. The number of piperidine rings is 1. The van der Waals surface area contributed by atoms with Gasteiger partial charge in [-0.3, -0.25) is 10.1 Å². The normalized spacial score (nSPS) is 17.8. The number of aryl methyl sites for hydroxylation is 1. The third-order valence-corrected chi connectivity index (χ3v) is 4.64. The molecule has 1 saturated heterocycles. The average Bonchev–Trinajstić information content (AvgIpc) is 2.61. The molecule has 1 aliphatic rings. The Labute approximate surface area is 153 Å². The Balaban J connectivity index is 1.67. The highest BCUT2D eigenvalue weighted by Gasteiger charge is 2.15. The molecule has 0 spiro atoms. The van der Waals surface area contributed by atoms with E-state index in [-0.39, 0.29) is 5.69 Å². The number of non-ortho nitro benzene ring substituents is 1. The van der Waals surface area contributed by atoms with Gasteiger partial charge < -0.3 is 10.2 Å². The number of anilines is 1. The lowest BCUT2D eigenvalue weighted by atomic mass is 10.0. The van der Waals surface area contributed by atoms with Gasteiger partial charge in [-0.1, -0.05) is 19.1 Å². The minimum absolute atomic E-state index is 0.0429. The average molecular weight is 355 g/mol. The van der Waals surface area contributed by atoms with Gasteiger partial charge >= 0.3 is 0 Å². The van der Waals surface area contributed by atoms with Gasteiger partial charge in [0.15, 0.2) is 5.82 Å². The molecule has 0 bridgehead atoms. The van der Waals surface area contributed by atoms with E-state index in [1.807, 2.05) is 13.0 Å². The molecule has 1 fully saturated rings. The highest BCUT2D eigenvalue weighted by Crippen LogP contribution is 2.22. The van der Waals surface area contributed by atoms with Crippen molar-refractivity contribution in [2.24, 2.45) is 5.92 Å². The molecular formula is C19H25N5O2. The number of nitro benzene ring substituents is 1. The molecule has 0 radical (unpaired) electrons. The Hall–Kier alpha value is -2.54. The van der Waals surface area contributed by atoms with Crippen molar-refractivity contribution >= 4 is 11.5 Å². The molecule has 2 heterocycles. The van der Waals surface area contributed by atoms with Gasteiger partial charge in [-0.05, 0) is 32.2 Å². The fourth-order valence-electron chi connectivity index (χ4n) is 3.38. The molecule has 2 aromatic rings.